The Morgan fingerprint density at radius 1 is 1.14 bits per heavy atom. The molecule has 2 aromatic carbocycles. The summed E-state index contributed by atoms with van der Waals surface area (Å²) in [7, 11) is -0.228. The van der Waals surface area contributed by atoms with Crippen molar-refractivity contribution in [3.8, 4) is 0 Å². The first-order chi connectivity index (χ1) is 13.7. The third kappa shape index (κ3) is 3.95. The van der Waals surface area contributed by atoms with Crippen LogP contribution in [-0.2, 0) is 17.1 Å². The van der Waals surface area contributed by atoms with E-state index in [1.54, 1.807) is 29.3 Å². The predicted molar refractivity (Wildman–Crippen MR) is 115 cm³/mol. The zero-order valence-electron chi connectivity index (χ0n) is 15.8. The Labute approximate surface area is 179 Å². The number of amides is 1. The van der Waals surface area contributed by atoms with Crippen molar-refractivity contribution in [2.45, 2.75) is 23.8 Å². The lowest BCUT2D eigenvalue weighted by molar-refractivity contribution is 0.0787. The molecule has 0 spiro atoms. The van der Waals surface area contributed by atoms with Gasteiger partial charge in [0.15, 0.2) is 0 Å². The molecule has 1 N–H and O–H groups in total. The standard InChI is InChI=1S/C20H19Cl2N3O3S/c1-24-11-18(20(26)25(2)15-4-5-15)17-6-3-14(10-19(17)24)23-29(27,28)16-8-12(21)7-13(22)9-16/h3,6-11,15,23H,4-5H2,1-2H3. The van der Waals surface area contributed by atoms with E-state index < -0.39 is 10.0 Å². The second-order valence-corrected chi connectivity index (χ2v) is 9.80. The molecule has 1 fully saturated rings. The van der Waals surface area contributed by atoms with Gasteiger partial charge < -0.3 is 9.47 Å². The first-order valence-electron chi connectivity index (χ1n) is 9.01. The maximum Gasteiger partial charge on any atom is 0.261 e. The van der Waals surface area contributed by atoms with E-state index in [-0.39, 0.29) is 20.8 Å². The van der Waals surface area contributed by atoms with Crippen LogP contribution in [0.25, 0.3) is 10.9 Å². The van der Waals surface area contributed by atoms with E-state index in [9.17, 15) is 13.2 Å². The first-order valence-corrected chi connectivity index (χ1v) is 11.2. The minimum Gasteiger partial charge on any atom is -0.350 e. The Balaban J connectivity index is 1.67. The zero-order chi connectivity index (χ0) is 20.9. The first kappa shape index (κ1) is 20.1. The fourth-order valence-corrected chi connectivity index (χ4v) is 5.11. The summed E-state index contributed by atoms with van der Waals surface area (Å²) in [6.45, 7) is 0. The van der Waals surface area contributed by atoms with E-state index in [2.05, 4.69) is 4.72 Å². The van der Waals surface area contributed by atoms with Crippen LogP contribution in [0.15, 0.2) is 47.5 Å². The second-order valence-electron chi connectivity index (χ2n) is 7.24. The summed E-state index contributed by atoms with van der Waals surface area (Å²) in [5.74, 6) is -0.0278. The summed E-state index contributed by atoms with van der Waals surface area (Å²) in [5, 5.41) is 1.25. The van der Waals surface area contributed by atoms with E-state index in [0.717, 1.165) is 23.7 Å². The van der Waals surface area contributed by atoms with Gasteiger partial charge in [0.05, 0.1) is 21.7 Å². The molecule has 0 aliphatic heterocycles. The van der Waals surface area contributed by atoms with Crippen LogP contribution >= 0.6 is 23.2 Å². The minimum atomic E-state index is -3.87. The molecule has 1 aromatic heterocycles. The van der Waals surface area contributed by atoms with Crippen LogP contribution in [0.5, 0.6) is 0 Å². The zero-order valence-corrected chi connectivity index (χ0v) is 18.1. The molecule has 1 amide bonds. The predicted octanol–water partition coefficient (Wildman–Crippen LogP) is 4.52. The van der Waals surface area contributed by atoms with E-state index in [0.29, 0.717) is 17.3 Å². The molecule has 1 saturated carbocycles. The molecule has 4 rings (SSSR count). The van der Waals surface area contributed by atoms with Gasteiger partial charge in [0.2, 0.25) is 0 Å². The molecule has 0 saturated heterocycles. The third-order valence-corrected chi connectivity index (χ3v) is 6.83. The normalized spacial score (nSPS) is 14.2. The molecule has 0 atom stereocenters. The molecule has 1 aliphatic carbocycles. The number of aromatic nitrogens is 1. The van der Waals surface area contributed by atoms with Crippen molar-refractivity contribution in [1.82, 2.24) is 9.47 Å². The average Bonchev–Trinajstić information content (AvgIpc) is 3.44. The van der Waals surface area contributed by atoms with Gasteiger partial charge in [-0.15, -0.1) is 0 Å². The number of carbonyl (C=O) groups excluding carboxylic acids is 1. The number of halogens is 2. The molecule has 6 nitrogen and oxygen atoms in total. The highest BCUT2D eigenvalue weighted by atomic mass is 35.5. The van der Waals surface area contributed by atoms with Crippen LogP contribution in [0.4, 0.5) is 5.69 Å². The number of benzene rings is 2. The van der Waals surface area contributed by atoms with Crippen LogP contribution in [0.3, 0.4) is 0 Å². The van der Waals surface area contributed by atoms with Gasteiger partial charge in [0, 0.05) is 41.8 Å². The quantitative estimate of drug-likeness (QED) is 0.619. The summed E-state index contributed by atoms with van der Waals surface area (Å²) in [5.41, 5.74) is 1.74. The van der Waals surface area contributed by atoms with Gasteiger partial charge in [0.25, 0.3) is 15.9 Å². The maximum atomic E-state index is 12.8. The monoisotopic (exact) mass is 451 g/mol. The highest BCUT2D eigenvalue weighted by Gasteiger charge is 2.31. The number of anilines is 1. The van der Waals surface area contributed by atoms with Gasteiger partial charge in [-0.3, -0.25) is 9.52 Å². The lowest BCUT2D eigenvalue weighted by atomic mass is 10.1. The van der Waals surface area contributed by atoms with E-state index in [4.69, 9.17) is 23.2 Å². The molecule has 3 aromatic rings. The highest BCUT2D eigenvalue weighted by molar-refractivity contribution is 7.92. The molecule has 9 heteroatoms. The number of rotatable bonds is 5. The lowest BCUT2D eigenvalue weighted by Crippen LogP contribution is -2.28. The van der Waals surface area contributed by atoms with Crippen LogP contribution in [0, 0.1) is 0 Å². The summed E-state index contributed by atoms with van der Waals surface area (Å²) in [6.07, 6.45) is 3.85. The molecule has 1 heterocycles. The van der Waals surface area contributed by atoms with Crippen molar-refractivity contribution < 1.29 is 13.2 Å². The Kier molecular flexibility index (Phi) is 5.01. The molecule has 29 heavy (non-hydrogen) atoms. The van der Waals surface area contributed by atoms with Gasteiger partial charge >= 0.3 is 0 Å². The number of nitrogens with zero attached hydrogens (tertiary/aromatic N) is 2. The van der Waals surface area contributed by atoms with Crippen LogP contribution in [-0.4, -0.2) is 36.9 Å². The number of hydrogen-bond acceptors (Lipinski definition) is 3. The third-order valence-electron chi connectivity index (χ3n) is 5.03. The number of aryl methyl sites for hydroxylation is 1. The Bertz CT molecular complexity index is 1210. The van der Waals surface area contributed by atoms with Gasteiger partial charge in [-0.1, -0.05) is 23.2 Å². The highest BCUT2D eigenvalue weighted by Crippen LogP contribution is 2.31. The summed E-state index contributed by atoms with van der Waals surface area (Å²) in [4.78, 5) is 14.5. The lowest BCUT2D eigenvalue weighted by Gasteiger charge is -2.15. The van der Waals surface area contributed by atoms with Crippen LogP contribution < -0.4 is 4.72 Å². The van der Waals surface area contributed by atoms with Crippen molar-refractivity contribution in [3.63, 3.8) is 0 Å². The number of sulfonamides is 1. The molecule has 0 bridgehead atoms. The number of nitrogens with one attached hydrogen (secondary N) is 1. The SMILES string of the molecule is CN(C(=O)c1cn(C)c2cc(NS(=O)(=O)c3cc(Cl)cc(Cl)c3)ccc12)C1CC1. The molecule has 0 unspecified atom stereocenters. The van der Waals surface area contributed by atoms with E-state index >= 15 is 0 Å². The number of fused-ring (bicyclic) bond motifs is 1. The Morgan fingerprint density at radius 3 is 2.41 bits per heavy atom. The minimum absolute atomic E-state index is 0.0242. The van der Waals surface area contributed by atoms with Gasteiger partial charge in [0.1, 0.15) is 0 Å². The van der Waals surface area contributed by atoms with Crippen molar-refractivity contribution in [1.29, 1.82) is 0 Å². The van der Waals surface area contributed by atoms with Crippen molar-refractivity contribution in [3.05, 3.63) is 58.2 Å². The largest absolute Gasteiger partial charge is 0.350 e. The molecule has 1 aliphatic rings. The molecule has 152 valence electrons. The van der Waals surface area contributed by atoms with Gasteiger partial charge in [-0.25, -0.2) is 8.42 Å². The van der Waals surface area contributed by atoms with Crippen LogP contribution in [0.2, 0.25) is 10.0 Å². The van der Waals surface area contributed by atoms with Crippen molar-refractivity contribution in [2.24, 2.45) is 7.05 Å². The van der Waals surface area contributed by atoms with E-state index in [1.165, 1.54) is 18.2 Å². The number of carbonyl (C=O) groups is 1. The van der Waals surface area contributed by atoms with Gasteiger partial charge in [-0.2, -0.15) is 0 Å². The second kappa shape index (κ2) is 7.23. The summed E-state index contributed by atoms with van der Waals surface area (Å²) < 4.78 is 29.8. The van der Waals surface area contributed by atoms with Crippen molar-refractivity contribution >= 4 is 55.7 Å². The molecule has 0 radical (unpaired) electrons. The van der Waals surface area contributed by atoms with Crippen molar-refractivity contribution in [2.75, 3.05) is 11.8 Å². The summed E-state index contributed by atoms with van der Waals surface area (Å²) >= 11 is 11.9. The Morgan fingerprint density at radius 2 is 1.79 bits per heavy atom. The molecular weight excluding hydrogens is 433 g/mol. The number of hydrogen-bond donors (Lipinski definition) is 1. The van der Waals surface area contributed by atoms with Crippen LogP contribution in [0.1, 0.15) is 23.2 Å². The average molecular weight is 452 g/mol. The molecular formula is C20H19Cl2N3O3S. The summed E-state index contributed by atoms with van der Waals surface area (Å²) in [6, 6.07) is 9.55. The maximum absolute atomic E-state index is 12.8. The fraction of sp³-hybridized carbons (Fsp3) is 0.250. The fourth-order valence-electron chi connectivity index (χ4n) is 3.33. The van der Waals surface area contributed by atoms with E-state index in [1.807, 2.05) is 18.7 Å². The smallest absolute Gasteiger partial charge is 0.261 e. The Hall–Kier alpha value is -2.22. The topological polar surface area (TPSA) is 71.4 Å². The van der Waals surface area contributed by atoms with Gasteiger partial charge in [-0.05, 0) is 49.2 Å².